The van der Waals surface area contributed by atoms with Crippen molar-refractivity contribution in [2.75, 3.05) is 11.1 Å². The molecule has 28 heavy (non-hydrogen) atoms. The molecule has 1 heterocycles. The molecule has 0 radical (unpaired) electrons. The number of halogens is 1. The Bertz CT molecular complexity index is 972. The minimum absolute atomic E-state index is 0.0429. The normalized spacial score (nSPS) is 11.0. The molecular weight excluding hydrogens is 438 g/mol. The van der Waals surface area contributed by atoms with E-state index in [1.165, 1.54) is 0 Å². The predicted molar refractivity (Wildman–Crippen MR) is 117 cm³/mol. The van der Waals surface area contributed by atoms with E-state index in [0.717, 1.165) is 26.2 Å². The third kappa shape index (κ3) is 5.02. The van der Waals surface area contributed by atoms with Crippen LogP contribution in [0.3, 0.4) is 0 Å². The van der Waals surface area contributed by atoms with Gasteiger partial charge in [0.2, 0.25) is 5.91 Å². The number of nitrogens with zero attached hydrogens (tertiary/aromatic N) is 2. The quantitative estimate of drug-likeness (QED) is 0.435. The molecule has 0 saturated heterocycles. The fourth-order valence-electron chi connectivity index (χ4n) is 2.61. The Balaban J connectivity index is 1.69. The first-order chi connectivity index (χ1) is 13.5. The topological polar surface area (TPSA) is 68.0 Å². The number of benzene rings is 2. The summed E-state index contributed by atoms with van der Waals surface area (Å²) in [5, 5.41) is 7.05. The van der Waals surface area contributed by atoms with Crippen molar-refractivity contribution in [2.24, 2.45) is 0 Å². The molecule has 0 spiro atoms. The van der Waals surface area contributed by atoms with E-state index in [-0.39, 0.29) is 11.8 Å². The number of carbonyl (C=O) groups excluding carboxylic acids is 1. The lowest BCUT2D eigenvalue weighted by Gasteiger charge is -2.12. The molecule has 0 aliphatic carbocycles. The second-order valence-corrected chi connectivity index (χ2v) is 8.68. The van der Waals surface area contributed by atoms with E-state index in [9.17, 15) is 4.79 Å². The van der Waals surface area contributed by atoms with E-state index in [1.807, 2.05) is 63.2 Å². The molecule has 0 saturated carbocycles. The molecule has 1 N–H and O–H groups in total. The van der Waals surface area contributed by atoms with E-state index in [0.29, 0.717) is 23.9 Å². The number of aromatic nitrogens is 2. The van der Waals surface area contributed by atoms with Crippen LogP contribution in [0, 0.1) is 6.92 Å². The van der Waals surface area contributed by atoms with Crippen molar-refractivity contribution in [3.8, 4) is 11.5 Å². The first-order valence-electron chi connectivity index (χ1n) is 9.06. The minimum Gasteiger partial charge on any atom is -0.334 e. The molecule has 0 fully saturated rings. The summed E-state index contributed by atoms with van der Waals surface area (Å²) in [4.78, 5) is 18.1. The zero-order valence-corrected chi connectivity index (χ0v) is 18.4. The Hall–Kier alpha value is -2.12. The third-order valence-corrected chi connectivity index (χ3v) is 6.18. The van der Waals surface area contributed by atoms with E-state index >= 15 is 0 Å². The number of nitrogens with one attached hydrogen (secondary N) is 1. The van der Waals surface area contributed by atoms with Crippen molar-refractivity contribution in [2.45, 2.75) is 38.0 Å². The number of thioether (sulfide) groups is 1. The van der Waals surface area contributed by atoms with Gasteiger partial charge in [0.25, 0.3) is 5.89 Å². The van der Waals surface area contributed by atoms with Gasteiger partial charge in [-0.3, -0.25) is 4.79 Å². The summed E-state index contributed by atoms with van der Waals surface area (Å²) in [5.74, 6) is 1.89. The molecule has 5 nitrogen and oxygen atoms in total. The lowest BCUT2D eigenvalue weighted by Crippen LogP contribution is -2.14. The molecule has 2 aromatic carbocycles. The van der Waals surface area contributed by atoms with Crippen LogP contribution in [0.2, 0.25) is 0 Å². The van der Waals surface area contributed by atoms with Crippen LogP contribution in [0.1, 0.15) is 37.6 Å². The Kier molecular flexibility index (Phi) is 6.91. The van der Waals surface area contributed by atoms with Gasteiger partial charge >= 0.3 is 0 Å². The van der Waals surface area contributed by atoms with E-state index < -0.39 is 0 Å². The number of hydrogen-bond acceptors (Lipinski definition) is 5. The first kappa shape index (κ1) is 20.6. The second kappa shape index (κ2) is 9.39. The summed E-state index contributed by atoms with van der Waals surface area (Å²) in [6.45, 7) is 5.97. The number of para-hydroxylation sites is 1. The van der Waals surface area contributed by atoms with Crippen molar-refractivity contribution in [3.05, 3.63) is 58.3 Å². The van der Waals surface area contributed by atoms with Gasteiger partial charge in [-0.1, -0.05) is 43.3 Å². The highest BCUT2D eigenvalue weighted by atomic mass is 79.9. The Morgan fingerprint density at radius 3 is 2.71 bits per heavy atom. The number of amides is 1. The highest BCUT2D eigenvalue weighted by Gasteiger charge is 2.17. The molecule has 0 atom stereocenters. The highest BCUT2D eigenvalue weighted by Crippen LogP contribution is 2.31. The summed E-state index contributed by atoms with van der Waals surface area (Å²) in [7, 11) is 0. The summed E-state index contributed by atoms with van der Waals surface area (Å²) >= 11 is 5.18. The van der Waals surface area contributed by atoms with Crippen molar-refractivity contribution in [3.63, 3.8) is 0 Å². The SMILES string of the molecule is Cc1cccc(-c2nc(C(C)C)no2)c1NC(=O)CCSc1ccccc1Br. The maximum Gasteiger partial charge on any atom is 0.260 e. The zero-order chi connectivity index (χ0) is 20.1. The van der Waals surface area contributed by atoms with Gasteiger partial charge < -0.3 is 9.84 Å². The molecule has 1 amide bonds. The smallest absolute Gasteiger partial charge is 0.260 e. The lowest BCUT2D eigenvalue weighted by atomic mass is 10.1. The minimum atomic E-state index is -0.0429. The lowest BCUT2D eigenvalue weighted by molar-refractivity contribution is -0.115. The standard InChI is InChI=1S/C21H22BrN3O2S/c1-13(2)20-24-21(27-25-20)15-8-6-7-14(3)19(15)23-18(26)11-12-28-17-10-5-4-9-16(17)22/h4-10,13H,11-12H2,1-3H3,(H,23,26). The van der Waals surface area contributed by atoms with Crippen molar-refractivity contribution < 1.29 is 9.32 Å². The van der Waals surface area contributed by atoms with Gasteiger partial charge in [-0.2, -0.15) is 4.98 Å². The highest BCUT2D eigenvalue weighted by molar-refractivity contribution is 9.10. The molecule has 0 unspecified atom stereocenters. The van der Waals surface area contributed by atoms with Crippen LogP contribution in [-0.2, 0) is 4.79 Å². The molecule has 3 rings (SSSR count). The van der Waals surface area contributed by atoms with Crippen LogP contribution in [0.25, 0.3) is 11.5 Å². The zero-order valence-electron chi connectivity index (χ0n) is 16.0. The summed E-state index contributed by atoms with van der Waals surface area (Å²) < 4.78 is 6.46. The van der Waals surface area contributed by atoms with Crippen molar-refractivity contribution >= 4 is 39.3 Å². The van der Waals surface area contributed by atoms with Crippen molar-refractivity contribution in [1.82, 2.24) is 10.1 Å². The number of hydrogen-bond donors (Lipinski definition) is 1. The fourth-order valence-corrected chi connectivity index (χ4v) is 4.12. The van der Waals surface area contributed by atoms with Crippen molar-refractivity contribution in [1.29, 1.82) is 0 Å². The number of anilines is 1. The van der Waals surface area contributed by atoms with Gasteiger partial charge in [0.15, 0.2) is 5.82 Å². The molecule has 3 aromatic rings. The van der Waals surface area contributed by atoms with Crippen LogP contribution in [-0.4, -0.2) is 21.8 Å². The van der Waals surface area contributed by atoms with Crippen LogP contribution in [0.4, 0.5) is 5.69 Å². The molecule has 146 valence electrons. The van der Waals surface area contributed by atoms with E-state index in [4.69, 9.17) is 4.52 Å². The largest absolute Gasteiger partial charge is 0.334 e. The predicted octanol–water partition coefficient (Wildman–Crippen LogP) is 6.05. The molecular formula is C21H22BrN3O2S. The Morgan fingerprint density at radius 1 is 1.21 bits per heavy atom. The number of aryl methyl sites for hydroxylation is 1. The molecule has 7 heteroatoms. The first-order valence-corrected chi connectivity index (χ1v) is 10.8. The van der Waals surface area contributed by atoms with E-state index in [1.54, 1.807) is 11.8 Å². The summed E-state index contributed by atoms with van der Waals surface area (Å²) in [6.07, 6.45) is 0.404. The Morgan fingerprint density at radius 2 is 2.00 bits per heavy atom. The average Bonchev–Trinajstić information content (AvgIpc) is 3.15. The number of rotatable bonds is 7. The maximum absolute atomic E-state index is 12.5. The maximum atomic E-state index is 12.5. The fraction of sp³-hybridized carbons (Fsp3) is 0.286. The van der Waals surface area contributed by atoms with Gasteiger partial charge in [0.05, 0.1) is 11.3 Å². The van der Waals surface area contributed by atoms with Crippen LogP contribution < -0.4 is 5.32 Å². The number of carbonyl (C=O) groups is 1. The molecule has 0 aliphatic heterocycles. The molecule has 0 bridgehead atoms. The van der Waals surface area contributed by atoms with Gasteiger partial charge in [0.1, 0.15) is 0 Å². The monoisotopic (exact) mass is 459 g/mol. The summed E-state index contributed by atoms with van der Waals surface area (Å²) in [5.41, 5.74) is 2.41. The molecule has 0 aliphatic rings. The van der Waals surface area contributed by atoms with Gasteiger partial charge in [-0.05, 0) is 46.6 Å². The van der Waals surface area contributed by atoms with Gasteiger partial charge in [-0.15, -0.1) is 11.8 Å². The molecule has 1 aromatic heterocycles. The average molecular weight is 460 g/mol. The van der Waals surface area contributed by atoms with Crippen LogP contribution in [0.5, 0.6) is 0 Å². The van der Waals surface area contributed by atoms with Crippen LogP contribution in [0.15, 0.2) is 56.4 Å². The van der Waals surface area contributed by atoms with Gasteiger partial charge in [-0.25, -0.2) is 0 Å². The third-order valence-electron chi connectivity index (χ3n) is 4.15. The van der Waals surface area contributed by atoms with Crippen LogP contribution >= 0.6 is 27.7 Å². The summed E-state index contributed by atoms with van der Waals surface area (Å²) in [6, 6.07) is 13.8. The Labute approximate surface area is 177 Å². The van der Waals surface area contributed by atoms with Gasteiger partial charge in [0, 0.05) is 27.5 Å². The van der Waals surface area contributed by atoms with E-state index in [2.05, 4.69) is 31.4 Å². The second-order valence-electron chi connectivity index (χ2n) is 6.69.